The summed E-state index contributed by atoms with van der Waals surface area (Å²) in [4.78, 5) is 14.7. The molecular formula is C23H28ClN5O2S. The average Bonchev–Trinajstić information content (AvgIpc) is 3.19. The smallest absolute Gasteiger partial charge is 0.190 e. The van der Waals surface area contributed by atoms with Crippen LogP contribution < -0.4 is 9.47 Å². The number of nitriles is 1. The molecule has 0 fully saturated rings. The Morgan fingerprint density at radius 1 is 1.22 bits per heavy atom. The normalized spacial score (nSPS) is 11.3. The molecule has 0 aliphatic heterocycles. The van der Waals surface area contributed by atoms with Crippen LogP contribution in [0.4, 0.5) is 0 Å². The molecule has 2 aromatic heterocycles. The number of hydrogen-bond acceptors (Lipinski definition) is 7. The highest BCUT2D eigenvalue weighted by atomic mass is 35.5. The lowest BCUT2D eigenvalue weighted by Gasteiger charge is -2.19. The minimum atomic E-state index is 0.302. The molecule has 0 atom stereocenters. The summed E-state index contributed by atoms with van der Waals surface area (Å²) >= 11 is 8.21. The molecule has 0 amide bonds. The number of ether oxygens (including phenoxy) is 2. The van der Waals surface area contributed by atoms with Crippen molar-refractivity contribution in [2.45, 2.75) is 38.1 Å². The van der Waals surface area contributed by atoms with Gasteiger partial charge in [-0.25, -0.2) is 9.97 Å². The first-order chi connectivity index (χ1) is 15.4. The van der Waals surface area contributed by atoms with E-state index in [1.54, 1.807) is 31.1 Å². The monoisotopic (exact) mass is 473 g/mol. The van der Waals surface area contributed by atoms with Crippen LogP contribution in [0.2, 0.25) is 5.02 Å². The Bertz CT molecular complexity index is 1120. The molecule has 0 aliphatic rings. The van der Waals surface area contributed by atoms with E-state index in [0.717, 1.165) is 19.6 Å². The van der Waals surface area contributed by atoms with Crippen LogP contribution >= 0.6 is 23.4 Å². The SMILES string of the molecule is CCN(CC)CCOc1cc(-c2nc(SC(C)C)nc3[nH]cc(C#N)c23)c(Cl)cc1OC. The number of H-pyrrole nitrogens is 1. The molecule has 1 N–H and O–H groups in total. The summed E-state index contributed by atoms with van der Waals surface area (Å²) in [5.74, 6) is 1.13. The first kappa shape index (κ1) is 24.2. The third-order valence-corrected chi connectivity index (χ3v) is 6.22. The van der Waals surface area contributed by atoms with Gasteiger partial charge in [0.2, 0.25) is 0 Å². The van der Waals surface area contributed by atoms with Crippen molar-refractivity contribution in [2.75, 3.05) is 33.4 Å². The van der Waals surface area contributed by atoms with Gasteiger partial charge in [-0.2, -0.15) is 5.26 Å². The summed E-state index contributed by atoms with van der Waals surface area (Å²) < 4.78 is 11.6. The van der Waals surface area contributed by atoms with Crippen LogP contribution in [0.25, 0.3) is 22.3 Å². The molecular weight excluding hydrogens is 446 g/mol. The van der Waals surface area contributed by atoms with Crippen molar-refractivity contribution in [1.82, 2.24) is 19.9 Å². The quantitative estimate of drug-likeness (QED) is 0.312. The maximum absolute atomic E-state index is 9.62. The van der Waals surface area contributed by atoms with E-state index in [-0.39, 0.29) is 0 Å². The van der Waals surface area contributed by atoms with Crippen molar-refractivity contribution in [2.24, 2.45) is 0 Å². The number of hydrogen-bond donors (Lipinski definition) is 1. The highest BCUT2D eigenvalue weighted by Gasteiger charge is 2.20. The summed E-state index contributed by atoms with van der Waals surface area (Å²) in [5.41, 5.74) is 2.33. The minimum absolute atomic E-state index is 0.302. The predicted octanol–water partition coefficient (Wildman–Crippen LogP) is 5.38. The summed E-state index contributed by atoms with van der Waals surface area (Å²) in [6.45, 7) is 11.6. The van der Waals surface area contributed by atoms with Gasteiger partial charge in [-0.3, -0.25) is 0 Å². The summed E-state index contributed by atoms with van der Waals surface area (Å²) in [6, 6.07) is 5.78. The van der Waals surface area contributed by atoms with Crippen LogP contribution in [0.15, 0.2) is 23.5 Å². The molecule has 0 saturated heterocycles. The van der Waals surface area contributed by atoms with Crippen molar-refractivity contribution in [3.8, 4) is 28.8 Å². The minimum Gasteiger partial charge on any atom is -0.493 e. The van der Waals surface area contributed by atoms with Crippen molar-refractivity contribution < 1.29 is 9.47 Å². The number of thioether (sulfide) groups is 1. The number of benzene rings is 1. The second-order valence-corrected chi connectivity index (χ2v) is 9.37. The molecule has 0 saturated carbocycles. The first-order valence-corrected chi connectivity index (χ1v) is 11.9. The van der Waals surface area contributed by atoms with Crippen molar-refractivity contribution >= 4 is 34.4 Å². The largest absolute Gasteiger partial charge is 0.493 e. The van der Waals surface area contributed by atoms with Crippen LogP contribution in [0.1, 0.15) is 33.3 Å². The molecule has 0 unspecified atom stereocenters. The fraction of sp³-hybridized carbons (Fsp3) is 0.435. The lowest BCUT2D eigenvalue weighted by Crippen LogP contribution is -2.27. The molecule has 0 spiro atoms. The first-order valence-electron chi connectivity index (χ1n) is 10.6. The van der Waals surface area contributed by atoms with Crippen LogP contribution in [-0.2, 0) is 0 Å². The Labute approximate surface area is 198 Å². The molecule has 0 aliphatic carbocycles. The van der Waals surface area contributed by atoms with Gasteiger partial charge in [0.25, 0.3) is 0 Å². The van der Waals surface area contributed by atoms with Crippen LogP contribution in [0.5, 0.6) is 11.5 Å². The summed E-state index contributed by atoms with van der Waals surface area (Å²) in [6.07, 6.45) is 1.64. The van der Waals surface area contributed by atoms with E-state index in [0.29, 0.717) is 61.4 Å². The van der Waals surface area contributed by atoms with Gasteiger partial charge in [0.05, 0.1) is 28.8 Å². The number of aromatic amines is 1. The van der Waals surface area contributed by atoms with E-state index in [1.165, 1.54) is 0 Å². The highest BCUT2D eigenvalue weighted by molar-refractivity contribution is 7.99. The Morgan fingerprint density at radius 2 is 1.97 bits per heavy atom. The average molecular weight is 474 g/mol. The molecule has 1 aromatic carbocycles. The van der Waals surface area contributed by atoms with Gasteiger partial charge in [0.15, 0.2) is 16.7 Å². The fourth-order valence-electron chi connectivity index (χ4n) is 3.37. The Balaban J connectivity index is 2.10. The van der Waals surface area contributed by atoms with Crippen LogP contribution in [-0.4, -0.2) is 58.5 Å². The van der Waals surface area contributed by atoms with Gasteiger partial charge in [-0.05, 0) is 19.2 Å². The zero-order valence-corrected chi connectivity index (χ0v) is 20.6. The van der Waals surface area contributed by atoms with Gasteiger partial charge >= 0.3 is 0 Å². The number of halogens is 1. The van der Waals surface area contributed by atoms with Gasteiger partial charge in [0, 0.05) is 29.6 Å². The van der Waals surface area contributed by atoms with E-state index >= 15 is 0 Å². The zero-order valence-electron chi connectivity index (χ0n) is 19.0. The Hall–Kier alpha value is -2.47. The third-order valence-electron chi connectivity index (χ3n) is 5.04. The number of rotatable bonds is 10. The molecule has 2 heterocycles. The van der Waals surface area contributed by atoms with Gasteiger partial charge < -0.3 is 19.4 Å². The number of methoxy groups -OCH3 is 1. The number of likely N-dealkylation sites (N-methyl/N-ethyl adjacent to an activating group) is 1. The standard InChI is InChI=1S/C23H28ClN5O2S/c1-6-29(7-2)8-9-31-19-10-16(17(24)11-18(19)30-5)21-20-15(12-25)13-26-22(20)28-23(27-21)32-14(3)4/h10-11,13-14H,6-9H2,1-5H3,(H,26,27,28). The van der Waals surface area contributed by atoms with Crippen molar-refractivity contribution in [3.05, 3.63) is 28.9 Å². The maximum atomic E-state index is 9.62. The molecule has 0 radical (unpaired) electrons. The molecule has 170 valence electrons. The number of nitrogens with zero attached hydrogens (tertiary/aromatic N) is 4. The van der Waals surface area contributed by atoms with E-state index in [1.807, 2.05) is 6.07 Å². The number of aromatic nitrogens is 3. The number of fused-ring (bicyclic) bond motifs is 1. The lowest BCUT2D eigenvalue weighted by molar-refractivity contribution is 0.217. The second-order valence-electron chi connectivity index (χ2n) is 7.42. The fourth-order valence-corrected chi connectivity index (χ4v) is 4.33. The topological polar surface area (TPSA) is 87.1 Å². The van der Waals surface area contributed by atoms with Gasteiger partial charge in [-0.15, -0.1) is 0 Å². The molecule has 9 heteroatoms. The lowest BCUT2D eigenvalue weighted by atomic mass is 10.1. The second kappa shape index (κ2) is 10.9. The number of nitrogens with one attached hydrogen (secondary N) is 1. The zero-order chi connectivity index (χ0) is 23.3. The molecule has 3 aromatic rings. The van der Waals surface area contributed by atoms with E-state index in [4.69, 9.17) is 26.1 Å². The van der Waals surface area contributed by atoms with Crippen LogP contribution in [0, 0.1) is 11.3 Å². The predicted molar refractivity (Wildman–Crippen MR) is 130 cm³/mol. The van der Waals surface area contributed by atoms with E-state index in [2.05, 4.69) is 48.6 Å². The van der Waals surface area contributed by atoms with E-state index in [9.17, 15) is 5.26 Å². The summed E-state index contributed by atoms with van der Waals surface area (Å²) in [5, 5.41) is 11.6. The maximum Gasteiger partial charge on any atom is 0.190 e. The van der Waals surface area contributed by atoms with Crippen LogP contribution in [0.3, 0.4) is 0 Å². The van der Waals surface area contributed by atoms with Crippen molar-refractivity contribution in [1.29, 1.82) is 5.26 Å². The Morgan fingerprint density at radius 3 is 2.59 bits per heavy atom. The summed E-state index contributed by atoms with van der Waals surface area (Å²) in [7, 11) is 1.59. The molecule has 3 rings (SSSR count). The molecule has 0 bridgehead atoms. The van der Waals surface area contributed by atoms with Crippen molar-refractivity contribution in [3.63, 3.8) is 0 Å². The Kier molecular flexibility index (Phi) is 8.24. The van der Waals surface area contributed by atoms with E-state index < -0.39 is 0 Å². The third kappa shape index (κ3) is 5.29. The molecule has 7 nitrogen and oxygen atoms in total. The van der Waals surface area contributed by atoms with Gasteiger partial charge in [0.1, 0.15) is 18.3 Å². The van der Waals surface area contributed by atoms with Gasteiger partial charge in [-0.1, -0.05) is 51.1 Å². The molecule has 32 heavy (non-hydrogen) atoms. The highest BCUT2D eigenvalue weighted by Crippen LogP contribution is 2.41.